The van der Waals surface area contributed by atoms with Crippen LogP contribution in [0.1, 0.15) is 33.7 Å². The fourth-order valence-electron chi connectivity index (χ4n) is 2.44. The maximum absolute atomic E-state index is 9.66. The van der Waals surface area contributed by atoms with E-state index in [1.54, 1.807) is 4.88 Å². The van der Waals surface area contributed by atoms with E-state index in [1.165, 1.54) is 28.8 Å². The zero-order valence-electron chi connectivity index (χ0n) is 8.12. The number of hydrogen-bond acceptors (Lipinski definition) is 2. The quantitative estimate of drug-likeness (QED) is 0.691. The van der Waals surface area contributed by atoms with Crippen LogP contribution in [-0.2, 0) is 19.3 Å². The predicted molar refractivity (Wildman–Crippen MR) is 59.7 cm³/mol. The van der Waals surface area contributed by atoms with Gasteiger partial charge in [-0.3, -0.25) is 0 Å². The summed E-state index contributed by atoms with van der Waals surface area (Å²) < 4.78 is 0. The Morgan fingerprint density at radius 3 is 3.14 bits per heavy atom. The topological polar surface area (TPSA) is 20.2 Å². The van der Waals surface area contributed by atoms with Crippen LogP contribution in [-0.4, -0.2) is 11.2 Å². The van der Waals surface area contributed by atoms with Crippen molar-refractivity contribution in [3.05, 3.63) is 27.0 Å². The molecule has 0 amide bonds. The van der Waals surface area contributed by atoms with Gasteiger partial charge >= 0.3 is 0 Å². The number of aryl methyl sites for hydroxylation is 2. The number of aliphatic hydroxyl groups is 1. The Hall–Kier alpha value is -0.600. The van der Waals surface area contributed by atoms with E-state index in [0.29, 0.717) is 0 Å². The molecule has 0 saturated carbocycles. The van der Waals surface area contributed by atoms with E-state index in [4.69, 9.17) is 0 Å². The van der Waals surface area contributed by atoms with Gasteiger partial charge in [0.1, 0.15) is 0 Å². The van der Waals surface area contributed by atoms with E-state index in [1.807, 2.05) is 11.3 Å². The van der Waals surface area contributed by atoms with Gasteiger partial charge in [-0.25, -0.2) is 0 Å². The van der Waals surface area contributed by atoms with Gasteiger partial charge in [0.15, 0.2) is 0 Å². The maximum atomic E-state index is 9.66. The Balaban J connectivity index is 2.10. The van der Waals surface area contributed by atoms with Crippen LogP contribution in [0.4, 0.5) is 0 Å². The van der Waals surface area contributed by atoms with Crippen LogP contribution in [0.2, 0.25) is 0 Å². The molecular weight excluding hydrogens is 192 g/mol. The molecule has 0 radical (unpaired) electrons. The number of fused-ring (bicyclic) bond motifs is 3. The lowest BCUT2D eigenvalue weighted by Crippen LogP contribution is -2.17. The molecule has 2 aliphatic rings. The minimum atomic E-state index is -0.100. The molecule has 0 saturated heterocycles. The third kappa shape index (κ3) is 1.25. The van der Waals surface area contributed by atoms with Gasteiger partial charge in [-0.1, -0.05) is 12.2 Å². The maximum Gasteiger partial charge on any atom is 0.0584 e. The Kier molecular flexibility index (Phi) is 1.99. The highest BCUT2D eigenvalue weighted by molar-refractivity contribution is 7.12. The highest BCUT2D eigenvalue weighted by Gasteiger charge is 2.23. The summed E-state index contributed by atoms with van der Waals surface area (Å²) in [4.78, 5) is 3.08. The van der Waals surface area contributed by atoms with Crippen molar-refractivity contribution in [2.24, 2.45) is 0 Å². The molecule has 1 aromatic rings. The molecule has 2 heteroatoms. The number of thiophene rings is 1. The monoisotopic (exact) mass is 206 g/mol. The average Bonchev–Trinajstić information content (AvgIpc) is 2.56. The highest BCUT2D eigenvalue weighted by Crippen LogP contribution is 2.37. The van der Waals surface area contributed by atoms with E-state index in [2.05, 4.69) is 12.2 Å². The molecule has 0 aliphatic heterocycles. The first kappa shape index (κ1) is 8.69. The van der Waals surface area contributed by atoms with E-state index in [-0.39, 0.29) is 6.10 Å². The van der Waals surface area contributed by atoms with Crippen molar-refractivity contribution >= 4 is 17.4 Å². The van der Waals surface area contributed by atoms with E-state index >= 15 is 0 Å². The molecule has 1 atom stereocenters. The molecule has 0 bridgehead atoms. The Morgan fingerprint density at radius 1 is 1.29 bits per heavy atom. The molecule has 74 valence electrons. The van der Waals surface area contributed by atoms with Crippen molar-refractivity contribution in [3.63, 3.8) is 0 Å². The fourth-order valence-corrected chi connectivity index (χ4v) is 3.79. The average molecular weight is 206 g/mol. The van der Waals surface area contributed by atoms with Crippen LogP contribution in [0.15, 0.2) is 6.08 Å². The van der Waals surface area contributed by atoms with Gasteiger partial charge in [-0.2, -0.15) is 0 Å². The van der Waals surface area contributed by atoms with Gasteiger partial charge in [-0.15, -0.1) is 11.3 Å². The van der Waals surface area contributed by atoms with Gasteiger partial charge < -0.3 is 5.11 Å². The molecule has 3 rings (SSSR count). The van der Waals surface area contributed by atoms with Crippen molar-refractivity contribution in [1.82, 2.24) is 0 Å². The number of allylic oxidation sites excluding steroid dienone is 1. The Labute approximate surface area is 88.1 Å². The van der Waals surface area contributed by atoms with Crippen LogP contribution in [0.5, 0.6) is 0 Å². The molecule has 1 unspecified atom stereocenters. The third-order valence-corrected chi connectivity index (χ3v) is 4.54. The minimum absolute atomic E-state index is 0.100. The summed E-state index contributed by atoms with van der Waals surface area (Å²) in [5, 5.41) is 9.66. The van der Waals surface area contributed by atoms with E-state index in [0.717, 1.165) is 19.3 Å². The van der Waals surface area contributed by atoms with Crippen molar-refractivity contribution in [2.75, 3.05) is 0 Å². The lowest BCUT2D eigenvalue weighted by atomic mass is 9.91. The smallest absolute Gasteiger partial charge is 0.0584 e. The molecule has 14 heavy (non-hydrogen) atoms. The molecule has 0 aromatic carbocycles. The lowest BCUT2D eigenvalue weighted by molar-refractivity contribution is 0.159. The van der Waals surface area contributed by atoms with Crippen LogP contribution >= 0.6 is 11.3 Å². The van der Waals surface area contributed by atoms with Crippen molar-refractivity contribution in [3.8, 4) is 0 Å². The van der Waals surface area contributed by atoms with Crippen LogP contribution in [0.25, 0.3) is 6.08 Å². The first-order valence-corrected chi connectivity index (χ1v) is 6.14. The summed E-state index contributed by atoms with van der Waals surface area (Å²) in [6.07, 6.45) is 9.73. The van der Waals surface area contributed by atoms with Gasteiger partial charge in [0.2, 0.25) is 0 Å². The number of aliphatic hydroxyl groups excluding tert-OH is 1. The zero-order valence-corrected chi connectivity index (χ0v) is 8.94. The van der Waals surface area contributed by atoms with Crippen LogP contribution in [0, 0.1) is 0 Å². The molecule has 1 N–H and O–H groups in total. The van der Waals surface area contributed by atoms with Crippen molar-refractivity contribution in [2.45, 2.75) is 38.2 Å². The van der Waals surface area contributed by atoms with Crippen molar-refractivity contribution in [1.29, 1.82) is 0 Å². The third-order valence-electron chi connectivity index (χ3n) is 3.18. The summed E-state index contributed by atoms with van der Waals surface area (Å²) in [6.45, 7) is 0. The molecule has 0 spiro atoms. The van der Waals surface area contributed by atoms with Crippen molar-refractivity contribution < 1.29 is 5.11 Å². The highest BCUT2D eigenvalue weighted by atomic mass is 32.1. The predicted octanol–water partition coefficient (Wildman–Crippen LogP) is 2.56. The molecular formula is C12H14OS. The van der Waals surface area contributed by atoms with Gasteiger partial charge in [-0.05, 0) is 36.8 Å². The number of rotatable bonds is 0. The fraction of sp³-hybridized carbons (Fsp3) is 0.500. The van der Waals surface area contributed by atoms with Gasteiger partial charge in [0.25, 0.3) is 0 Å². The normalized spacial score (nSPS) is 24.5. The van der Waals surface area contributed by atoms with E-state index < -0.39 is 0 Å². The van der Waals surface area contributed by atoms with E-state index in [9.17, 15) is 5.11 Å². The Morgan fingerprint density at radius 2 is 2.21 bits per heavy atom. The number of hydrogen-bond donors (Lipinski definition) is 1. The molecule has 1 heterocycles. The Bertz CT molecular complexity index is 389. The standard InChI is InChI=1S/C12H14OS/c13-8-5-6-12-10(7-8)9-3-1-2-4-11(9)14-12/h1,3,8,13H,2,4-7H2. The molecule has 1 nitrogen and oxygen atoms in total. The second-order valence-electron chi connectivity index (χ2n) is 4.18. The SMILES string of the molecule is OC1CCc2sc3c(c2C1)C=CCC3. The summed E-state index contributed by atoms with van der Waals surface area (Å²) in [7, 11) is 0. The van der Waals surface area contributed by atoms with Gasteiger partial charge in [0, 0.05) is 16.2 Å². The summed E-state index contributed by atoms with van der Waals surface area (Å²) >= 11 is 1.98. The summed E-state index contributed by atoms with van der Waals surface area (Å²) in [5.41, 5.74) is 2.88. The lowest BCUT2D eigenvalue weighted by Gasteiger charge is -2.18. The van der Waals surface area contributed by atoms with Gasteiger partial charge in [0.05, 0.1) is 6.10 Å². The molecule has 2 aliphatic carbocycles. The second kappa shape index (κ2) is 3.21. The zero-order chi connectivity index (χ0) is 9.54. The van der Waals surface area contributed by atoms with Crippen LogP contribution in [0.3, 0.4) is 0 Å². The van der Waals surface area contributed by atoms with Crippen LogP contribution < -0.4 is 0 Å². The second-order valence-corrected chi connectivity index (χ2v) is 5.37. The summed E-state index contributed by atoms with van der Waals surface area (Å²) in [5.74, 6) is 0. The first-order valence-electron chi connectivity index (χ1n) is 5.32. The largest absolute Gasteiger partial charge is 0.393 e. The first-order chi connectivity index (χ1) is 6.84. The molecule has 1 aromatic heterocycles. The summed E-state index contributed by atoms with van der Waals surface area (Å²) in [6, 6.07) is 0. The molecule has 0 fully saturated rings. The minimum Gasteiger partial charge on any atom is -0.393 e.